The van der Waals surface area contributed by atoms with Gasteiger partial charge in [-0.2, -0.15) is 9.49 Å². The molecule has 0 unspecified atom stereocenters. The first-order valence-corrected chi connectivity index (χ1v) is 4.01. The number of hydrogen-bond acceptors (Lipinski definition) is 3. The van der Waals surface area contributed by atoms with E-state index in [1.165, 1.54) is 12.1 Å². The lowest BCUT2D eigenvalue weighted by atomic mass is 10.2. The number of aldehydes is 1. The maximum atomic E-state index is 13.2. The molecule has 0 aliphatic heterocycles. The summed E-state index contributed by atoms with van der Waals surface area (Å²) >= 11 is 0. The molecule has 0 saturated carbocycles. The van der Waals surface area contributed by atoms with Crippen molar-refractivity contribution in [2.75, 3.05) is 0 Å². The number of fused-ring (bicyclic) bond motifs is 1. The maximum Gasteiger partial charge on any atom is 0.357 e. The van der Waals surface area contributed by atoms with E-state index in [0.717, 1.165) is 10.6 Å². The van der Waals surface area contributed by atoms with Gasteiger partial charge < -0.3 is 5.11 Å². The van der Waals surface area contributed by atoms with Crippen molar-refractivity contribution in [1.29, 1.82) is 0 Å². The van der Waals surface area contributed by atoms with Crippen LogP contribution in [0.1, 0.15) is 20.8 Å². The van der Waals surface area contributed by atoms with Gasteiger partial charge in [0.2, 0.25) is 5.95 Å². The molecule has 6 heteroatoms. The van der Waals surface area contributed by atoms with Crippen LogP contribution in [-0.2, 0) is 0 Å². The first kappa shape index (κ1) is 9.32. The van der Waals surface area contributed by atoms with Crippen molar-refractivity contribution in [3.05, 3.63) is 35.4 Å². The highest BCUT2D eigenvalue weighted by atomic mass is 19.1. The lowest BCUT2D eigenvalue weighted by Crippen LogP contribution is -2.01. The molecule has 0 aliphatic rings. The Labute approximate surface area is 82.8 Å². The van der Waals surface area contributed by atoms with Gasteiger partial charge in [0.1, 0.15) is 0 Å². The molecule has 0 fully saturated rings. The summed E-state index contributed by atoms with van der Waals surface area (Å²) in [5, 5.41) is 12.2. The van der Waals surface area contributed by atoms with Gasteiger partial charge in [0, 0.05) is 0 Å². The third-order valence-electron chi connectivity index (χ3n) is 1.97. The number of carboxylic acid groups (broad SMARTS) is 1. The standard InChI is InChI=1S/C9H5FN2O3/c10-7-3-1-2-6-5(4-13)8(9(14)15)11-12(6)7/h1-4H,(H,14,15). The van der Waals surface area contributed by atoms with Crippen LogP contribution in [0, 0.1) is 5.95 Å². The molecule has 0 atom stereocenters. The van der Waals surface area contributed by atoms with Gasteiger partial charge >= 0.3 is 5.97 Å². The van der Waals surface area contributed by atoms with Gasteiger partial charge in [0.05, 0.1) is 11.1 Å². The van der Waals surface area contributed by atoms with Crippen LogP contribution in [0.15, 0.2) is 18.2 Å². The third-order valence-corrected chi connectivity index (χ3v) is 1.97. The predicted octanol–water partition coefficient (Wildman–Crippen LogP) is 0.984. The van der Waals surface area contributed by atoms with E-state index in [0.29, 0.717) is 6.29 Å². The number of aromatic nitrogens is 2. The van der Waals surface area contributed by atoms with Gasteiger partial charge in [-0.15, -0.1) is 0 Å². The van der Waals surface area contributed by atoms with Crippen LogP contribution in [0.5, 0.6) is 0 Å². The molecule has 0 radical (unpaired) electrons. The van der Waals surface area contributed by atoms with Crippen molar-refractivity contribution in [3.63, 3.8) is 0 Å². The minimum Gasteiger partial charge on any atom is -0.476 e. The van der Waals surface area contributed by atoms with E-state index in [1.807, 2.05) is 0 Å². The smallest absolute Gasteiger partial charge is 0.357 e. The summed E-state index contributed by atoms with van der Waals surface area (Å²) in [6.45, 7) is 0. The van der Waals surface area contributed by atoms with E-state index < -0.39 is 17.6 Å². The molecule has 2 heterocycles. The molecule has 0 spiro atoms. The van der Waals surface area contributed by atoms with Crippen molar-refractivity contribution in [1.82, 2.24) is 9.61 Å². The number of rotatable bonds is 2. The zero-order valence-corrected chi connectivity index (χ0v) is 7.35. The molecule has 1 N–H and O–H groups in total. The van der Waals surface area contributed by atoms with Crippen molar-refractivity contribution >= 4 is 17.8 Å². The second-order valence-corrected chi connectivity index (χ2v) is 2.83. The van der Waals surface area contributed by atoms with Crippen molar-refractivity contribution in [2.45, 2.75) is 0 Å². The van der Waals surface area contributed by atoms with Gasteiger partial charge in [0.15, 0.2) is 12.0 Å². The van der Waals surface area contributed by atoms with Crippen molar-refractivity contribution in [2.24, 2.45) is 0 Å². The minimum absolute atomic E-state index is 0.123. The van der Waals surface area contributed by atoms with E-state index >= 15 is 0 Å². The van der Waals surface area contributed by atoms with E-state index in [1.54, 1.807) is 0 Å². The zero-order chi connectivity index (χ0) is 11.0. The average Bonchev–Trinajstić information content (AvgIpc) is 2.57. The van der Waals surface area contributed by atoms with Gasteiger partial charge in [-0.3, -0.25) is 4.79 Å². The Kier molecular flexibility index (Phi) is 1.96. The molecular weight excluding hydrogens is 203 g/mol. The fourth-order valence-electron chi connectivity index (χ4n) is 1.33. The Balaban J connectivity index is 2.90. The Morgan fingerprint density at radius 2 is 2.27 bits per heavy atom. The summed E-state index contributed by atoms with van der Waals surface area (Å²) in [4.78, 5) is 21.4. The number of aromatic carboxylic acids is 1. The summed E-state index contributed by atoms with van der Waals surface area (Å²) in [5.41, 5.74) is -0.431. The third kappa shape index (κ3) is 1.26. The Morgan fingerprint density at radius 3 is 2.87 bits per heavy atom. The molecule has 5 nitrogen and oxygen atoms in total. The minimum atomic E-state index is -1.36. The van der Waals surface area contributed by atoms with Gasteiger partial charge in [-0.1, -0.05) is 6.07 Å². The topological polar surface area (TPSA) is 71.7 Å². The number of hydrogen-bond donors (Lipinski definition) is 1. The number of carbonyl (C=O) groups excluding carboxylic acids is 1. The second-order valence-electron chi connectivity index (χ2n) is 2.83. The van der Waals surface area contributed by atoms with Crippen LogP contribution in [-0.4, -0.2) is 27.0 Å². The SMILES string of the molecule is O=Cc1c(C(=O)O)nn2c(F)cccc12. The van der Waals surface area contributed by atoms with Crippen LogP contribution >= 0.6 is 0 Å². The summed E-state index contributed by atoms with van der Waals surface area (Å²) in [7, 11) is 0. The van der Waals surface area contributed by atoms with Gasteiger partial charge in [-0.25, -0.2) is 9.31 Å². The molecule has 0 amide bonds. The Hall–Kier alpha value is -2.24. The first-order chi connectivity index (χ1) is 7.15. The highest BCUT2D eigenvalue weighted by Crippen LogP contribution is 2.15. The van der Waals surface area contributed by atoms with Gasteiger partial charge in [0.25, 0.3) is 0 Å². The number of carbonyl (C=O) groups is 2. The lowest BCUT2D eigenvalue weighted by Gasteiger charge is -1.92. The fraction of sp³-hybridized carbons (Fsp3) is 0. The molecular formula is C9H5FN2O3. The monoisotopic (exact) mass is 208 g/mol. The van der Waals surface area contributed by atoms with Crippen molar-refractivity contribution < 1.29 is 19.1 Å². The summed E-state index contributed by atoms with van der Waals surface area (Å²) in [6.07, 6.45) is 0.352. The summed E-state index contributed by atoms with van der Waals surface area (Å²) in [5.74, 6) is -2.08. The molecule has 0 bridgehead atoms. The molecule has 76 valence electrons. The average molecular weight is 208 g/mol. The molecule has 2 aromatic rings. The predicted molar refractivity (Wildman–Crippen MR) is 47.5 cm³/mol. The van der Waals surface area contributed by atoms with Gasteiger partial charge in [-0.05, 0) is 12.1 Å². The number of halogens is 1. The molecule has 2 aromatic heterocycles. The number of pyridine rings is 1. The first-order valence-electron chi connectivity index (χ1n) is 4.01. The summed E-state index contributed by atoms with van der Waals surface area (Å²) < 4.78 is 14.0. The van der Waals surface area contributed by atoms with E-state index in [2.05, 4.69) is 5.10 Å². The van der Waals surface area contributed by atoms with Crippen LogP contribution in [0.25, 0.3) is 5.52 Å². The normalized spacial score (nSPS) is 10.5. The number of nitrogens with zero attached hydrogens (tertiary/aromatic N) is 2. The Bertz CT molecular complexity index is 562. The number of carboxylic acids is 1. The molecule has 15 heavy (non-hydrogen) atoms. The van der Waals surface area contributed by atoms with Crippen LogP contribution in [0.2, 0.25) is 0 Å². The zero-order valence-electron chi connectivity index (χ0n) is 7.35. The largest absolute Gasteiger partial charge is 0.476 e. The maximum absolute atomic E-state index is 13.2. The van der Waals surface area contributed by atoms with Crippen LogP contribution < -0.4 is 0 Å². The fourth-order valence-corrected chi connectivity index (χ4v) is 1.33. The second kappa shape index (κ2) is 3.16. The molecule has 0 aliphatic carbocycles. The summed E-state index contributed by atoms with van der Waals surface area (Å²) in [6, 6.07) is 3.93. The quantitative estimate of drug-likeness (QED) is 0.590. The molecule has 0 saturated heterocycles. The van der Waals surface area contributed by atoms with E-state index in [-0.39, 0.29) is 11.1 Å². The van der Waals surface area contributed by atoms with Crippen LogP contribution in [0.3, 0.4) is 0 Å². The van der Waals surface area contributed by atoms with E-state index in [4.69, 9.17) is 5.11 Å². The highest BCUT2D eigenvalue weighted by Gasteiger charge is 2.19. The lowest BCUT2D eigenvalue weighted by molar-refractivity contribution is 0.0687. The molecule has 0 aromatic carbocycles. The molecule has 2 rings (SSSR count). The van der Waals surface area contributed by atoms with E-state index in [9.17, 15) is 14.0 Å². The van der Waals surface area contributed by atoms with Crippen LogP contribution in [0.4, 0.5) is 4.39 Å². The van der Waals surface area contributed by atoms with Crippen molar-refractivity contribution in [3.8, 4) is 0 Å². The Morgan fingerprint density at radius 1 is 1.53 bits per heavy atom. The highest BCUT2D eigenvalue weighted by molar-refractivity contribution is 6.00.